The number of nitrogens with one attached hydrogen (secondary N) is 1. The van der Waals surface area contributed by atoms with Crippen molar-refractivity contribution >= 4 is 35.2 Å². The van der Waals surface area contributed by atoms with Crippen LogP contribution in [-0.4, -0.2) is 54.1 Å². The molecule has 8 heteroatoms. The maximum atomic E-state index is 13.5. The lowest BCUT2D eigenvalue weighted by molar-refractivity contribution is 0.0790. The van der Waals surface area contributed by atoms with Crippen LogP contribution in [0.3, 0.4) is 0 Å². The lowest BCUT2D eigenvalue weighted by Gasteiger charge is -2.23. The third kappa shape index (κ3) is 6.49. The first-order valence-electron chi connectivity index (χ1n) is 12.5. The summed E-state index contributed by atoms with van der Waals surface area (Å²) in [5, 5.41) is 12.6. The Hall–Kier alpha value is -3.18. The van der Waals surface area contributed by atoms with E-state index in [0.29, 0.717) is 27.5 Å². The van der Waals surface area contributed by atoms with E-state index in [2.05, 4.69) is 21.3 Å². The van der Waals surface area contributed by atoms with Gasteiger partial charge >= 0.3 is 0 Å². The topological polar surface area (TPSA) is 88.8 Å². The summed E-state index contributed by atoms with van der Waals surface area (Å²) in [6.45, 7) is 2.22. The van der Waals surface area contributed by atoms with Crippen LogP contribution in [0.2, 0.25) is 0 Å². The summed E-state index contributed by atoms with van der Waals surface area (Å²) in [6.07, 6.45) is 10.8. The van der Waals surface area contributed by atoms with E-state index < -0.39 is 0 Å². The van der Waals surface area contributed by atoms with Crippen LogP contribution in [0.15, 0.2) is 35.3 Å². The van der Waals surface area contributed by atoms with Crippen molar-refractivity contribution in [2.75, 3.05) is 20.1 Å². The van der Waals surface area contributed by atoms with Gasteiger partial charge in [-0.15, -0.1) is 11.3 Å². The fourth-order valence-electron chi connectivity index (χ4n) is 4.69. The lowest BCUT2D eigenvalue weighted by Crippen LogP contribution is -2.35. The number of benzene rings is 1. The van der Waals surface area contributed by atoms with Gasteiger partial charge in [0, 0.05) is 32.7 Å². The van der Waals surface area contributed by atoms with Crippen LogP contribution in [0.5, 0.6) is 0 Å². The number of hydrogen-bond acceptors (Lipinski definition) is 5. The fraction of sp³-hybridized carbons (Fsp3) is 0.481. The van der Waals surface area contributed by atoms with E-state index in [-0.39, 0.29) is 17.9 Å². The largest absolute Gasteiger partial charge is 0.363 e. The molecule has 7 nitrogen and oxygen atoms in total. The molecule has 2 aliphatic rings. The average molecular weight is 492 g/mol. The Morgan fingerprint density at radius 1 is 1.17 bits per heavy atom. The highest BCUT2D eigenvalue weighted by molar-refractivity contribution is 7.16. The standard InChI is InChI=1S/C27H33N5O2S/c1-31(18-21-11-7-6-10-20(21)17-28)27(34)25-23(29-19-32-14-8-3-9-15-32)16-24(35-25)26(33)30-22-12-4-2-5-13-22/h6-7,10-11,16,19,22H,2-5,8-9,12-15,18H2,1H3,(H,30,33). The summed E-state index contributed by atoms with van der Waals surface area (Å²) in [7, 11) is 1.72. The minimum atomic E-state index is -0.203. The molecule has 1 N–H and O–H groups in total. The van der Waals surface area contributed by atoms with Crippen LogP contribution in [0.1, 0.15) is 81.8 Å². The van der Waals surface area contributed by atoms with Gasteiger partial charge in [-0.05, 0) is 49.8 Å². The van der Waals surface area contributed by atoms with E-state index in [1.807, 2.05) is 24.5 Å². The highest BCUT2D eigenvalue weighted by atomic mass is 32.1. The predicted molar refractivity (Wildman–Crippen MR) is 139 cm³/mol. The predicted octanol–water partition coefficient (Wildman–Crippen LogP) is 5.10. The molecule has 0 atom stereocenters. The highest BCUT2D eigenvalue weighted by Crippen LogP contribution is 2.32. The Labute approximate surface area is 211 Å². The molecular weight excluding hydrogens is 458 g/mol. The Kier molecular flexibility index (Phi) is 8.54. The van der Waals surface area contributed by atoms with Crippen LogP contribution in [0, 0.1) is 11.3 Å². The number of carbonyl (C=O) groups excluding carboxylic acids is 2. The molecule has 1 aliphatic carbocycles. The van der Waals surface area contributed by atoms with Crippen molar-refractivity contribution in [3.05, 3.63) is 51.2 Å². The molecule has 4 rings (SSSR count). The van der Waals surface area contributed by atoms with Crippen LogP contribution >= 0.6 is 11.3 Å². The number of carbonyl (C=O) groups is 2. The van der Waals surface area contributed by atoms with Crippen molar-refractivity contribution in [2.24, 2.45) is 4.99 Å². The number of piperidine rings is 1. The van der Waals surface area contributed by atoms with E-state index >= 15 is 0 Å². The molecule has 1 saturated carbocycles. The first kappa shape index (κ1) is 24.9. The fourth-order valence-corrected chi connectivity index (χ4v) is 5.69. The molecule has 0 radical (unpaired) electrons. The molecular formula is C27H33N5O2S. The summed E-state index contributed by atoms with van der Waals surface area (Å²) in [4.78, 5) is 35.9. The van der Waals surface area contributed by atoms with Gasteiger partial charge in [0.15, 0.2) is 0 Å². The second kappa shape index (κ2) is 12.0. The molecule has 1 aromatic heterocycles. The second-order valence-corrected chi connectivity index (χ2v) is 10.5. The van der Waals surface area contributed by atoms with Gasteiger partial charge < -0.3 is 15.1 Å². The number of likely N-dealkylation sites (tertiary alicyclic amines) is 1. The second-order valence-electron chi connectivity index (χ2n) is 9.40. The molecule has 2 heterocycles. The van der Waals surface area contributed by atoms with Crippen molar-refractivity contribution < 1.29 is 9.59 Å². The third-order valence-electron chi connectivity index (χ3n) is 6.71. The summed E-state index contributed by atoms with van der Waals surface area (Å²) in [6, 6.07) is 11.4. The van der Waals surface area contributed by atoms with Gasteiger partial charge in [0.1, 0.15) is 4.88 Å². The maximum Gasteiger partial charge on any atom is 0.266 e. The zero-order valence-corrected chi connectivity index (χ0v) is 21.1. The van der Waals surface area contributed by atoms with Crippen LogP contribution in [0.25, 0.3) is 0 Å². The van der Waals surface area contributed by atoms with Gasteiger partial charge in [-0.1, -0.05) is 37.5 Å². The van der Waals surface area contributed by atoms with Crippen molar-refractivity contribution in [1.29, 1.82) is 5.26 Å². The Bertz CT molecular complexity index is 1110. The summed E-state index contributed by atoms with van der Waals surface area (Å²) < 4.78 is 0. The number of hydrogen-bond donors (Lipinski definition) is 1. The van der Waals surface area contributed by atoms with Gasteiger partial charge in [0.25, 0.3) is 11.8 Å². The molecule has 0 bridgehead atoms. The number of amides is 2. The molecule has 0 unspecified atom stereocenters. The quantitative estimate of drug-likeness (QED) is 0.431. The number of rotatable bonds is 7. The number of nitriles is 1. The number of aliphatic imine (C=N–C) groups is 1. The molecule has 2 fully saturated rings. The average Bonchev–Trinajstić information content (AvgIpc) is 3.33. The van der Waals surface area contributed by atoms with E-state index in [0.717, 1.165) is 57.2 Å². The Morgan fingerprint density at radius 2 is 1.89 bits per heavy atom. The number of thiophene rings is 1. The molecule has 1 aliphatic heterocycles. The van der Waals surface area contributed by atoms with Gasteiger partial charge in [0.05, 0.1) is 28.5 Å². The summed E-state index contributed by atoms with van der Waals surface area (Å²) >= 11 is 1.20. The molecule has 1 saturated heterocycles. The van der Waals surface area contributed by atoms with Gasteiger partial charge in [0.2, 0.25) is 0 Å². The minimum Gasteiger partial charge on any atom is -0.363 e. The van der Waals surface area contributed by atoms with Crippen molar-refractivity contribution in [2.45, 2.75) is 64.0 Å². The van der Waals surface area contributed by atoms with E-state index in [9.17, 15) is 14.9 Å². The molecule has 35 heavy (non-hydrogen) atoms. The third-order valence-corrected chi connectivity index (χ3v) is 7.82. The SMILES string of the molecule is CN(Cc1ccccc1C#N)C(=O)c1sc(C(=O)NC2CCCCC2)cc1N=CN1CCCCC1. The van der Waals surface area contributed by atoms with Gasteiger partial charge in [-0.2, -0.15) is 5.26 Å². The van der Waals surface area contributed by atoms with E-state index in [4.69, 9.17) is 0 Å². The van der Waals surface area contributed by atoms with Crippen molar-refractivity contribution in [3.63, 3.8) is 0 Å². The molecule has 0 spiro atoms. The van der Waals surface area contributed by atoms with Crippen LogP contribution < -0.4 is 5.32 Å². The lowest BCUT2D eigenvalue weighted by atomic mass is 9.95. The van der Waals surface area contributed by atoms with Crippen molar-refractivity contribution in [1.82, 2.24) is 15.1 Å². The van der Waals surface area contributed by atoms with Gasteiger partial charge in [-0.25, -0.2) is 4.99 Å². The first-order chi connectivity index (χ1) is 17.0. The molecule has 2 aromatic rings. The normalized spacial score (nSPS) is 16.7. The number of nitrogens with zero attached hydrogens (tertiary/aromatic N) is 4. The Morgan fingerprint density at radius 3 is 2.63 bits per heavy atom. The molecule has 184 valence electrons. The zero-order valence-electron chi connectivity index (χ0n) is 20.3. The first-order valence-corrected chi connectivity index (χ1v) is 13.3. The van der Waals surface area contributed by atoms with Gasteiger partial charge in [-0.3, -0.25) is 9.59 Å². The monoisotopic (exact) mass is 491 g/mol. The summed E-state index contributed by atoms with van der Waals surface area (Å²) in [5.74, 6) is -0.335. The Balaban J connectivity index is 1.56. The van der Waals surface area contributed by atoms with E-state index in [1.165, 1.54) is 24.2 Å². The smallest absolute Gasteiger partial charge is 0.266 e. The molecule has 1 aromatic carbocycles. The summed E-state index contributed by atoms with van der Waals surface area (Å²) in [5.41, 5.74) is 1.87. The van der Waals surface area contributed by atoms with E-state index in [1.54, 1.807) is 24.1 Å². The van der Waals surface area contributed by atoms with Crippen LogP contribution in [0.4, 0.5) is 5.69 Å². The maximum absolute atomic E-state index is 13.5. The zero-order chi connectivity index (χ0) is 24.6. The van der Waals surface area contributed by atoms with Crippen LogP contribution in [-0.2, 0) is 6.54 Å². The van der Waals surface area contributed by atoms with Crippen molar-refractivity contribution in [3.8, 4) is 6.07 Å². The highest BCUT2D eigenvalue weighted by Gasteiger charge is 2.24. The molecule has 2 amide bonds. The minimum absolute atomic E-state index is 0.132.